The van der Waals surface area contributed by atoms with Gasteiger partial charge in [-0.3, -0.25) is 4.79 Å². The molecule has 0 radical (unpaired) electrons. The van der Waals surface area contributed by atoms with Gasteiger partial charge in [-0.25, -0.2) is 0 Å². The predicted octanol–water partition coefficient (Wildman–Crippen LogP) is -0.650. The van der Waals surface area contributed by atoms with Crippen molar-refractivity contribution in [2.24, 2.45) is 11.5 Å². The van der Waals surface area contributed by atoms with Crippen LogP contribution in [0.2, 0.25) is 0 Å². The van der Waals surface area contributed by atoms with Gasteiger partial charge in [0.1, 0.15) is 6.10 Å². The summed E-state index contributed by atoms with van der Waals surface area (Å²) in [7, 11) is 0. The van der Waals surface area contributed by atoms with E-state index in [-0.39, 0.29) is 0 Å². The standard InChI is InChI=1S/C7H16N2O2/c1-2-3-4-5(8)6(10)7(9)11/h5-6,10H,2-4,8H2,1H3,(H2,9,11). The van der Waals surface area contributed by atoms with Gasteiger partial charge in [-0.1, -0.05) is 19.8 Å². The number of aliphatic hydroxyl groups excluding tert-OH is 1. The molecule has 0 saturated carbocycles. The summed E-state index contributed by atoms with van der Waals surface area (Å²) in [6.07, 6.45) is 1.35. The maximum absolute atomic E-state index is 10.4. The lowest BCUT2D eigenvalue weighted by atomic mass is 10.1. The fraction of sp³-hybridized carbons (Fsp3) is 0.857. The third-order valence-electron chi connectivity index (χ3n) is 1.59. The Kier molecular flexibility index (Phi) is 4.81. The largest absolute Gasteiger partial charge is 0.382 e. The van der Waals surface area contributed by atoms with E-state index in [2.05, 4.69) is 0 Å². The number of unbranched alkanes of at least 4 members (excludes halogenated alkanes) is 1. The summed E-state index contributed by atoms with van der Waals surface area (Å²) in [5.41, 5.74) is 10.3. The van der Waals surface area contributed by atoms with Gasteiger partial charge in [-0.05, 0) is 6.42 Å². The average Bonchev–Trinajstić information content (AvgIpc) is 1.98. The second-order valence-corrected chi connectivity index (χ2v) is 2.65. The van der Waals surface area contributed by atoms with Crippen LogP contribution < -0.4 is 11.5 Å². The molecule has 0 aliphatic carbocycles. The van der Waals surface area contributed by atoms with E-state index >= 15 is 0 Å². The lowest BCUT2D eigenvalue weighted by Gasteiger charge is -2.14. The van der Waals surface area contributed by atoms with Crippen molar-refractivity contribution >= 4 is 5.91 Å². The highest BCUT2D eigenvalue weighted by Crippen LogP contribution is 2.01. The predicted molar refractivity (Wildman–Crippen MR) is 42.7 cm³/mol. The van der Waals surface area contributed by atoms with Crippen molar-refractivity contribution in [1.82, 2.24) is 0 Å². The van der Waals surface area contributed by atoms with Gasteiger partial charge in [-0.15, -0.1) is 0 Å². The minimum Gasteiger partial charge on any atom is -0.382 e. The van der Waals surface area contributed by atoms with Crippen molar-refractivity contribution in [3.05, 3.63) is 0 Å². The van der Waals surface area contributed by atoms with Crippen molar-refractivity contribution in [3.8, 4) is 0 Å². The molecule has 11 heavy (non-hydrogen) atoms. The first-order valence-corrected chi connectivity index (χ1v) is 3.82. The molecule has 2 unspecified atom stereocenters. The van der Waals surface area contributed by atoms with E-state index in [1.54, 1.807) is 0 Å². The lowest BCUT2D eigenvalue weighted by molar-refractivity contribution is -0.127. The summed E-state index contributed by atoms with van der Waals surface area (Å²) in [6.45, 7) is 2.02. The molecule has 0 spiro atoms. The van der Waals surface area contributed by atoms with E-state index in [4.69, 9.17) is 16.6 Å². The summed E-state index contributed by atoms with van der Waals surface area (Å²) in [6, 6.07) is -0.507. The molecule has 0 aromatic heterocycles. The highest BCUT2D eigenvalue weighted by atomic mass is 16.3. The second-order valence-electron chi connectivity index (χ2n) is 2.65. The van der Waals surface area contributed by atoms with E-state index in [1.807, 2.05) is 6.92 Å². The zero-order valence-electron chi connectivity index (χ0n) is 6.79. The van der Waals surface area contributed by atoms with E-state index in [0.717, 1.165) is 12.8 Å². The Hall–Kier alpha value is -0.610. The minimum absolute atomic E-state index is 0.507. The summed E-state index contributed by atoms with van der Waals surface area (Å²) < 4.78 is 0. The number of nitrogens with two attached hydrogens (primary N) is 2. The molecule has 0 saturated heterocycles. The first kappa shape index (κ1) is 10.4. The monoisotopic (exact) mass is 160 g/mol. The van der Waals surface area contributed by atoms with Crippen molar-refractivity contribution in [2.75, 3.05) is 0 Å². The number of carbonyl (C=O) groups is 1. The average molecular weight is 160 g/mol. The quantitative estimate of drug-likeness (QED) is 0.499. The zero-order chi connectivity index (χ0) is 8.85. The molecule has 0 aromatic rings. The molecule has 5 N–H and O–H groups in total. The maximum atomic E-state index is 10.4. The molecule has 0 aliphatic rings. The van der Waals surface area contributed by atoms with Gasteiger partial charge in [-0.2, -0.15) is 0 Å². The van der Waals surface area contributed by atoms with Gasteiger partial charge in [0, 0.05) is 6.04 Å². The maximum Gasteiger partial charge on any atom is 0.247 e. The first-order chi connectivity index (χ1) is 5.09. The number of hydrogen-bond donors (Lipinski definition) is 3. The Morgan fingerprint density at radius 1 is 1.64 bits per heavy atom. The summed E-state index contributed by atoms with van der Waals surface area (Å²) in [5, 5.41) is 9.02. The van der Waals surface area contributed by atoms with E-state index in [0.29, 0.717) is 6.42 Å². The first-order valence-electron chi connectivity index (χ1n) is 3.82. The normalized spacial score (nSPS) is 15.9. The Morgan fingerprint density at radius 3 is 2.55 bits per heavy atom. The molecule has 0 bridgehead atoms. The number of rotatable bonds is 5. The molecular formula is C7H16N2O2. The van der Waals surface area contributed by atoms with Gasteiger partial charge >= 0.3 is 0 Å². The van der Waals surface area contributed by atoms with Crippen LogP contribution >= 0.6 is 0 Å². The Labute approximate surface area is 66.6 Å². The van der Waals surface area contributed by atoms with Crippen LogP contribution in [-0.2, 0) is 4.79 Å². The molecule has 4 heteroatoms. The Balaban J connectivity index is 3.63. The smallest absolute Gasteiger partial charge is 0.247 e. The number of aliphatic hydroxyl groups is 1. The highest BCUT2D eigenvalue weighted by Gasteiger charge is 2.18. The molecule has 0 aliphatic heterocycles. The van der Waals surface area contributed by atoms with Crippen molar-refractivity contribution in [2.45, 2.75) is 38.3 Å². The van der Waals surface area contributed by atoms with Crippen LogP contribution in [-0.4, -0.2) is 23.2 Å². The third kappa shape index (κ3) is 3.95. The summed E-state index contributed by atoms with van der Waals surface area (Å²) in [4.78, 5) is 10.4. The SMILES string of the molecule is CCCCC(N)C(O)C(N)=O. The van der Waals surface area contributed by atoms with Crippen LogP contribution in [0.5, 0.6) is 0 Å². The molecule has 0 rings (SSSR count). The van der Waals surface area contributed by atoms with Crippen molar-refractivity contribution in [1.29, 1.82) is 0 Å². The van der Waals surface area contributed by atoms with Gasteiger partial charge in [0.2, 0.25) is 5.91 Å². The van der Waals surface area contributed by atoms with Crippen molar-refractivity contribution < 1.29 is 9.90 Å². The van der Waals surface area contributed by atoms with Crippen LogP contribution in [0, 0.1) is 0 Å². The number of amides is 1. The third-order valence-corrected chi connectivity index (χ3v) is 1.59. The van der Waals surface area contributed by atoms with E-state index in [1.165, 1.54) is 0 Å². The Morgan fingerprint density at radius 2 is 2.18 bits per heavy atom. The molecule has 2 atom stereocenters. The molecule has 4 nitrogen and oxygen atoms in total. The van der Waals surface area contributed by atoms with Crippen LogP contribution in [0.4, 0.5) is 0 Å². The van der Waals surface area contributed by atoms with Crippen LogP contribution in [0.15, 0.2) is 0 Å². The number of carbonyl (C=O) groups excluding carboxylic acids is 1. The molecular weight excluding hydrogens is 144 g/mol. The fourth-order valence-corrected chi connectivity index (χ4v) is 0.809. The summed E-state index contributed by atoms with van der Waals surface area (Å²) >= 11 is 0. The fourth-order valence-electron chi connectivity index (χ4n) is 0.809. The molecule has 0 heterocycles. The topological polar surface area (TPSA) is 89.3 Å². The molecule has 1 amide bonds. The van der Waals surface area contributed by atoms with Crippen LogP contribution in [0.3, 0.4) is 0 Å². The Bertz CT molecular complexity index is 128. The molecule has 0 aromatic carbocycles. The van der Waals surface area contributed by atoms with Gasteiger partial charge in [0.05, 0.1) is 0 Å². The molecule has 0 fully saturated rings. The van der Waals surface area contributed by atoms with Gasteiger partial charge in [0.25, 0.3) is 0 Å². The summed E-state index contributed by atoms with van der Waals surface area (Å²) in [5.74, 6) is -0.742. The zero-order valence-corrected chi connectivity index (χ0v) is 6.79. The van der Waals surface area contributed by atoms with E-state index < -0.39 is 18.1 Å². The lowest BCUT2D eigenvalue weighted by Crippen LogP contribution is -2.43. The number of hydrogen-bond acceptors (Lipinski definition) is 3. The second kappa shape index (κ2) is 5.09. The van der Waals surface area contributed by atoms with E-state index in [9.17, 15) is 4.79 Å². The minimum atomic E-state index is -1.19. The highest BCUT2D eigenvalue weighted by molar-refractivity contribution is 5.79. The van der Waals surface area contributed by atoms with Crippen LogP contribution in [0.25, 0.3) is 0 Å². The number of primary amides is 1. The molecule has 66 valence electrons. The van der Waals surface area contributed by atoms with Crippen molar-refractivity contribution in [3.63, 3.8) is 0 Å². The van der Waals surface area contributed by atoms with Gasteiger partial charge < -0.3 is 16.6 Å². The van der Waals surface area contributed by atoms with Gasteiger partial charge in [0.15, 0.2) is 0 Å². The van der Waals surface area contributed by atoms with Crippen LogP contribution in [0.1, 0.15) is 26.2 Å².